The summed E-state index contributed by atoms with van der Waals surface area (Å²) in [6, 6.07) is 8.12. The van der Waals surface area contributed by atoms with E-state index in [0.717, 1.165) is 24.0 Å². The minimum atomic E-state index is -0.351. The average Bonchev–Trinajstić information content (AvgIpc) is 2.43. The Morgan fingerprint density at radius 1 is 1.37 bits per heavy atom. The van der Waals surface area contributed by atoms with E-state index in [0.29, 0.717) is 6.54 Å². The standard InChI is InChI=1S/C16H17NO2/c1-3-16(19)17(12(2)18)11-14-9-6-8-13-7-4-5-10-15(13)14/h3-5,7,9-10H,1,6,8,11H2,2H3. The molecule has 0 N–H and O–H groups in total. The second kappa shape index (κ2) is 5.65. The second-order valence-corrected chi connectivity index (χ2v) is 4.57. The number of imide groups is 1. The minimum Gasteiger partial charge on any atom is -0.275 e. The quantitative estimate of drug-likeness (QED) is 0.778. The summed E-state index contributed by atoms with van der Waals surface area (Å²) in [7, 11) is 0. The summed E-state index contributed by atoms with van der Waals surface area (Å²) in [5.74, 6) is -0.606. The molecular formula is C16H17NO2. The fourth-order valence-corrected chi connectivity index (χ4v) is 2.34. The molecule has 0 spiro atoms. The lowest BCUT2D eigenvalue weighted by Crippen LogP contribution is -2.35. The summed E-state index contributed by atoms with van der Waals surface area (Å²) in [5.41, 5.74) is 3.44. The van der Waals surface area contributed by atoms with E-state index >= 15 is 0 Å². The molecule has 0 bridgehead atoms. The molecule has 0 aliphatic heterocycles. The second-order valence-electron chi connectivity index (χ2n) is 4.57. The molecule has 1 aliphatic rings. The molecule has 0 aromatic heterocycles. The SMILES string of the molecule is C=CC(=O)N(CC1=CCCc2ccccc21)C(C)=O. The topological polar surface area (TPSA) is 37.4 Å². The molecule has 0 atom stereocenters. The van der Waals surface area contributed by atoms with Gasteiger partial charge in [0, 0.05) is 6.92 Å². The number of amides is 2. The maximum absolute atomic E-state index is 11.7. The number of allylic oxidation sites excluding steroid dienone is 1. The van der Waals surface area contributed by atoms with Crippen molar-refractivity contribution in [3.05, 3.63) is 54.1 Å². The third-order valence-electron chi connectivity index (χ3n) is 3.32. The summed E-state index contributed by atoms with van der Waals surface area (Å²) in [6.45, 7) is 5.15. The number of fused-ring (bicyclic) bond motifs is 1. The molecule has 19 heavy (non-hydrogen) atoms. The van der Waals surface area contributed by atoms with Gasteiger partial charge in [-0.1, -0.05) is 36.9 Å². The number of rotatable bonds is 3. The molecule has 0 unspecified atom stereocenters. The molecule has 2 amide bonds. The van der Waals surface area contributed by atoms with E-state index in [1.807, 2.05) is 18.2 Å². The molecule has 1 aromatic carbocycles. The van der Waals surface area contributed by atoms with E-state index < -0.39 is 0 Å². The van der Waals surface area contributed by atoms with Crippen molar-refractivity contribution in [1.82, 2.24) is 4.90 Å². The average molecular weight is 255 g/mol. The van der Waals surface area contributed by atoms with Crippen molar-refractivity contribution in [2.75, 3.05) is 6.54 Å². The van der Waals surface area contributed by atoms with Gasteiger partial charge in [0.2, 0.25) is 5.91 Å². The van der Waals surface area contributed by atoms with Crippen LogP contribution >= 0.6 is 0 Å². The highest BCUT2D eigenvalue weighted by Gasteiger charge is 2.20. The maximum atomic E-state index is 11.7. The predicted molar refractivity (Wildman–Crippen MR) is 75.3 cm³/mol. The van der Waals surface area contributed by atoms with Gasteiger partial charge in [0.15, 0.2) is 0 Å². The summed E-state index contributed by atoms with van der Waals surface area (Å²) >= 11 is 0. The Kier molecular flexibility index (Phi) is 3.95. The zero-order chi connectivity index (χ0) is 13.8. The number of nitrogens with zero attached hydrogens (tertiary/aromatic N) is 1. The van der Waals surface area contributed by atoms with Crippen molar-refractivity contribution in [3.63, 3.8) is 0 Å². The van der Waals surface area contributed by atoms with Crippen molar-refractivity contribution < 1.29 is 9.59 Å². The van der Waals surface area contributed by atoms with Gasteiger partial charge in [0.05, 0.1) is 6.54 Å². The number of benzene rings is 1. The number of carbonyl (C=O) groups is 2. The van der Waals surface area contributed by atoms with Crippen LogP contribution in [0, 0.1) is 0 Å². The molecule has 0 heterocycles. The van der Waals surface area contributed by atoms with E-state index in [2.05, 4.69) is 18.7 Å². The minimum absolute atomic E-state index is 0.256. The number of aryl methyl sites for hydroxylation is 1. The fraction of sp³-hybridized carbons (Fsp3) is 0.250. The first-order chi connectivity index (χ1) is 9.13. The highest BCUT2D eigenvalue weighted by molar-refractivity contribution is 6.01. The van der Waals surface area contributed by atoms with Crippen molar-refractivity contribution >= 4 is 17.4 Å². The van der Waals surface area contributed by atoms with Crippen LogP contribution in [0.4, 0.5) is 0 Å². The monoisotopic (exact) mass is 255 g/mol. The lowest BCUT2D eigenvalue weighted by Gasteiger charge is -2.23. The Labute approximate surface area is 113 Å². The molecule has 0 saturated carbocycles. The summed E-state index contributed by atoms with van der Waals surface area (Å²) < 4.78 is 0. The summed E-state index contributed by atoms with van der Waals surface area (Å²) in [6.07, 6.45) is 5.24. The Hall–Kier alpha value is -2.16. The predicted octanol–water partition coefficient (Wildman–Crippen LogP) is 2.58. The van der Waals surface area contributed by atoms with Crippen LogP contribution in [-0.2, 0) is 16.0 Å². The highest BCUT2D eigenvalue weighted by atomic mass is 16.2. The Morgan fingerprint density at radius 3 is 2.79 bits per heavy atom. The first kappa shape index (κ1) is 13.3. The van der Waals surface area contributed by atoms with E-state index in [-0.39, 0.29) is 11.8 Å². The first-order valence-corrected chi connectivity index (χ1v) is 6.35. The Balaban J connectivity index is 2.27. The fourth-order valence-electron chi connectivity index (χ4n) is 2.34. The van der Waals surface area contributed by atoms with Gasteiger partial charge in [0.25, 0.3) is 5.91 Å². The summed E-state index contributed by atoms with van der Waals surface area (Å²) in [5, 5.41) is 0. The maximum Gasteiger partial charge on any atom is 0.252 e. The van der Waals surface area contributed by atoms with E-state index in [4.69, 9.17) is 0 Å². The molecule has 0 fully saturated rings. The van der Waals surface area contributed by atoms with Crippen LogP contribution in [0.1, 0.15) is 24.5 Å². The van der Waals surface area contributed by atoms with Crippen molar-refractivity contribution in [2.45, 2.75) is 19.8 Å². The zero-order valence-electron chi connectivity index (χ0n) is 11.1. The largest absolute Gasteiger partial charge is 0.275 e. The van der Waals surface area contributed by atoms with Crippen LogP contribution in [0.15, 0.2) is 43.0 Å². The van der Waals surface area contributed by atoms with Crippen LogP contribution in [-0.4, -0.2) is 23.3 Å². The molecule has 3 heteroatoms. The Bertz CT molecular complexity index is 558. The van der Waals surface area contributed by atoms with Gasteiger partial charge in [-0.15, -0.1) is 0 Å². The molecular weight excluding hydrogens is 238 g/mol. The third kappa shape index (κ3) is 2.81. The van der Waals surface area contributed by atoms with Crippen molar-refractivity contribution in [1.29, 1.82) is 0 Å². The van der Waals surface area contributed by atoms with Crippen LogP contribution in [0.5, 0.6) is 0 Å². The Morgan fingerprint density at radius 2 is 2.11 bits per heavy atom. The van der Waals surface area contributed by atoms with Crippen molar-refractivity contribution in [3.8, 4) is 0 Å². The van der Waals surface area contributed by atoms with E-state index in [1.165, 1.54) is 23.5 Å². The van der Waals surface area contributed by atoms with Gasteiger partial charge in [-0.05, 0) is 35.6 Å². The number of hydrogen-bond acceptors (Lipinski definition) is 2. The molecule has 0 saturated heterocycles. The van der Waals surface area contributed by atoms with Gasteiger partial charge < -0.3 is 0 Å². The van der Waals surface area contributed by atoms with E-state index in [9.17, 15) is 9.59 Å². The molecule has 2 rings (SSSR count). The van der Waals surface area contributed by atoms with Crippen LogP contribution in [0.3, 0.4) is 0 Å². The van der Waals surface area contributed by atoms with Crippen LogP contribution < -0.4 is 0 Å². The smallest absolute Gasteiger partial charge is 0.252 e. The lowest BCUT2D eigenvalue weighted by molar-refractivity contribution is -0.139. The van der Waals surface area contributed by atoms with Crippen molar-refractivity contribution in [2.24, 2.45) is 0 Å². The first-order valence-electron chi connectivity index (χ1n) is 6.35. The molecule has 0 radical (unpaired) electrons. The van der Waals surface area contributed by atoms with Gasteiger partial charge in [-0.3, -0.25) is 14.5 Å². The zero-order valence-corrected chi connectivity index (χ0v) is 11.1. The van der Waals surface area contributed by atoms with Gasteiger partial charge in [-0.25, -0.2) is 0 Å². The lowest BCUT2D eigenvalue weighted by atomic mass is 9.90. The normalized spacial score (nSPS) is 13.2. The van der Waals surface area contributed by atoms with Crippen LogP contribution in [0.2, 0.25) is 0 Å². The molecule has 3 nitrogen and oxygen atoms in total. The summed E-state index contributed by atoms with van der Waals surface area (Å²) in [4.78, 5) is 24.5. The highest BCUT2D eigenvalue weighted by Crippen LogP contribution is 2.26. The van der Waals surface area contributed by atoms with Gasteiger partial charge in [-0.2, -0.15) is 0 Å². The van der Waals surface area contributed by atoms with Gasteiger partial charge >= 0.3 is 0 Å². The third-order valence-corrected chi connectivity index (χ3v) is 3.32. The van der Waals surface area contributed by atoms with Crippen LogP contribution in [0.25, 0.3) is 5.57 Å². The number of carbonyl (C=O) groups excluding carboxylic acids is 2. The molecule has 1 aliphatic carbocycles. The number of hydrogen-bond donors (Lipinski definition) is 0. The van der Waals surface area contributed by atoms with E-state index in [1.54, 1.807) is 0 Å². The molecule has 98 valence electrons. The molecule has 1 aromatic rings. The van der Waals surface area contributed by atoms with Gasteiger partial charge in [0.1, 0.15) is 0 Å².